The van der Waals surface area contributed by atoms with E-state index >= 15 is 0 Å². The molecule has 0 radical (unpaired) electrons. The van der Waals surface area contributed by atoms with E-state index in [1.54, 1.807) is 6.33 Å². The number of carbonyl (C=O) groups is 1. The van der Waals surface area contributed by atoms with Gasteiger partial charge in [-0.2, -0.15) is 0 Å². The van der Waals surface area contributed by atoms with Crippen LogP contribution in [0.3, 0.4) is 0 Å². The van der Waals surface area contributed by atoms with Gasteiger partial charge in [0.15, 0.2) is 0 Å². The third kappa shape index (κ3) is 3.80. The number of likely N-dealkylation sites (tertiary alicyclic amines) is 1. The van der Waals surface area contributed by atoms with Gasteiger partial charge in [0.1, 0.15) is 18.0 Å². The molecule has 2 aromatic rings. The SMILES string of the molecule is O=C(Cc1ccccc1)N1CCC2CCN(c3cc(N4CCCC4)ncn3)CC21. The summed E-state index contributed by atoms with van der Waals surface area (Å²) in [6, 6.07) is 12.5. The van der Waals surface area contributed by atoms with E-state index in [9.17, 15) is 4.79 Å². The molecule has 3 saturated heterocycles. The van der Waals surface area contributed by atoms with Gasteiger partial charge in [0.2, 0.25) is 5.91 Å². The maximum atomic E-state index is 13.0. The van der Waals surface area contributed by atoms with Gasteiger partial charge in [0.05, 0.1) is 12.5 Å². The summed E-state index contributed by atoms with van der Waals surface area (Å²) in [5, 5.41) is 0. The second-order valence-corrected chi connectivity index (χ2v) is 8.53. The molecule has 0 saturated carbocycles. The Hall–Kier alpha value is -2.63. The molecule has 4 heterocycles. The molecule has 1 aromatic carbocycles. The highest BCUT2D eigenvalue weighted by Gasteiger charge is 2.40. The molecule has 0 bridgehead atoms. The highest BCUT2D eigenvalue weighted by atomic mass is 16.2. The number of nitrogens with zero attached hydrogens (tertiary/aromatic N) is 5. The largest absolute Gasteiger partial charge is 0.356 e. The number of hydrogen-bond donors (Lipinski definition) is 0. The lowest BCUT2D eigenvalue weighted by Gasteiger charge is -2.39. The molecule has 3 fully saturated rings. The van der Waals surface area contributed by atoms with Gasteiger partial charge in [-0.15, -0.1) is 0 Å². The van der Waals surface area contributed by atoms with Gasteiger partial charge >= 0.3 is 0 Å². The summed E-state index contributed by atoms with van der Waals surface area (Å²) >= 11 is 0. The molecule has 5 rings (SSSR count). The van der Waals surface area contributed by atoms with Gasteiger partial charge in [-0.05, 0) is 37.2 Å². The average molecular weight is 392 g/mol. The van der Waals surface area contributed by atoms with E-state index in [0.29, 0.717) is 18.4 Å². The van der Waals surface area contributed by atoms with Crippen LogP contribution < -0.4 is 9.80 Å². The van der Waals surface area contributed by atoms with Crippen LogP contribution in [-0.4, -0.2) is 59.5 Å². The lowest BCUT2D eigenvalue weighted by atomic mass is 9.92. The van der Waals surface area contributed by atoms with Gasteiger partial charge in [0.25, 0.3) is 0 Å². The Balaban J connectivity index is 1.29. The van der Waals surface area contributed by atoms with Crippen molar-refractivity contribution in [1.82, 2.24) is 14.9 Å². The number of rotatable bonds is 4. The molecular formula is C23H29N5O. The first-order valence-corrected chi connectivity index (χ1v) is 10.9. The maximum absolute atomic E-state index is 13.0. The Morgan fingerprint density at radius 2 is 1.66 bits per heavy atom. The average Bonchev–Trinajstić information content (AvgIpc) is 3.44. The third-order valence-corrected chi connectivity index (χ3v) is 6.77. The minimum absolute atomic E-state index is 0.256. The Kier molecular flexibility index (Phi) is 5.08. The van der Waals surface area contributed by atoms with Crippen molar-refractivity contribution >= 4 is 17.5 Å². The van der Waals surface area contributed by atoms with E-state index in [4.69, 9.17) is 0 Å². The van der Waals surface area contributed by atoms with Crippen LogP contribution >= 0.6 is 0 Å². The molecule has 152 valence electrons. The van der Waals surface area contributed by atoms with Crippen LogP contribution in [0.25, 0.3) is 0 Å². The van der Waals surface area contributed by atoms with E-state index in [-0.39, 0.29) is 5.91 Å². The normalized spacial score (nSPS) is 24.1. The number of amides is 1. The molecule has 2 unspecified atom stereocenters. The minimum Gasteiger partial charge on any atom is -0.356 e. The molecule has 2 atom stereocenters. The fraction of sp³-hybridized carbons (Fsp3) is 0.522. The quantitative estimate of drug-likeness (QED) is 0.802. The van der Waals surface area contributed by atoms with Crippen LogP contribution in [0.5, 0.6) is 0 Å². The summed E-state index contributed by atoms with van der Waals surface area (Å²) in [6.45, 7) is 4.95. The van der Waals surface area contributed by atoms with Crippen LogP contribution in [0.2, 0.25) is 0 Å². The molecule has 1 amide bonds. The number of hydrogen-bond acceptors (Lipinski definition) is 5. The van der Waals surface area contributed by atoms with Crippen molar-refractivity contribution in [3.63, 3.8) is 0 Å². The topological polar surface area (TPSA) is 52.6 Å². The monoisotopic (exact) mass is 391 g/mol. The van der Waals surface area contributed by atoms with Gasteiger partial charge in [-0.25, -0.2) is 9.97 Å². The standard InChI is InChI=1S/C23H29N5O/c29-23(14-18-6-2-1-3-7-18)28-13-9-19-8-12-27(16-20(19)28)22-15-21(24-17-25-22)26-10-4-5-11-26/h1-3,6-7,15,17,19-20H,4-5,8-14,16H2. The second-order valence-electron chi connectivity index (χ2n) is 8.53. The summed E-state index contributed by atoms with van der Waals surface area (Å²) in [5.41, 5.74) is 1.10. The smallest absolute Gasteiger partial charge is 0.227 e. The molecule has 0 N–H and O–H groups in total. The summed E-state index contributed by atoms with van der Waals surface area (Å²) in [5.74, 6) is 2.91. The summed E-state index contributed by atoms with van der Waals surface area (Å²) in [4.78, 5) is 28.9. The first-order chi connectivity index (χ1) is 14.3. The molecule has 3 aliphatic heterocycles. The molecule has 3 aliphatic rings. The molecule has 1 aromatic heterocycles. The predicted octanol–water partition coefficient (Wildman–Crippen LogP) is 2.75. The Bertz CT molecular complexity index is 851. The van der Waals surface area contributed by atoms with E-state index in [1.165, 1.54) is 12.8 Å². The van der Waals surface area contributed by atoms with E-state index in [2.05, 4.69) is 30.7 Å². The van der Waals surface area contributed by atoms with Crippen molar-refractivity contribution in [3.05, 3.63) is 48.3 Å². The zero-order chi connectivity index (χ0) is 19.6. The summed E-state index contributed by atoms with van der Waals surface area (Å²) in [7, 11) is 0. The number of carbonyl (C=O) groups excluding carboxylic acids is 1. The van der Waals surface area contributed by atoms with Crippen LogP contribution in [0.4, 0.5) is 11.6 Å². The molecule has 0 aliphatic carbocycles. The lowest BCUT2D eigenvalue weighted by Crippen LogP contribution is -2.50. The number of anilines is 2. The Morgan fingerprint density at radius 3 is 2.45 bits per heavy atom. The fourth-order valence-electron chi connectivity index (χ4n) is 5.16. The summed E-state index contributed by atoms with van der Waals surface area (Å²) in [6.07, 6.45) is 6.93. The van der Waals surface area contributed by atoms with Crippen molar-refractivity contribution in [2.24, 2.45) is 5.92 Å². The van der Waals surface area contributed by atoms with Crippen molar-refractivity contribution < 1.29 is 4.79 Å². The number of aromatic nitrogens is 2. The van der Waals surface area contributed by atoms with Crippen LogP contribution in [-0.2, 0) is 11.2 Å². The molecule has 29 heavy (non-hydrogen) atoms. The first-order valence-electron chi connectivity index (χ1n) is 10.9. The molecule has 0 spiro atoms. The summed E-state index contributed by atoms with van der Waals surface area (Å²) < 4.78 is 0. The minimum atomic E-state index is 0.256. The number of fused-ring (bicyclic) bond motifs is 1. The van der Waals surface area contributed by atoms with Crippen LogP contribution in [0, 0.1) is 5.92 Å². The highest BCUT2D eigenvalue weighted by molar-refractivity contribution is 5.79. The van der Waals surface area contributed by atoms with Crippen molar-refractivity contribution in [2.75, 3.05) is 42.5 Å². The van der Waals surface area contributed by atoms with Crippen LogP contribution in [0.15, 0.2) is 42.7 Å². The highest BCUT2D eigenvalue weighted by Crippen LogP contribution is 2.34. The fourth-order valence-corrected chi connectivity index (χ4v) is 5.16. The molecule has 6 nitrogen and oxygen atoms in total. The Morgan fingerprint density at radius 1 is 0.931 bits per heavy atom. The zero-order valence-electron chi connectivity index (χ0n) is 16.9. The second kappa shape index (κ2) is 8.01. The van der Waals surface area contributed by atoms with Crippen molar-refractivity contribution in [1.29, 1.82) is 0 Å². The van der Waals surface area contributed by atoms with Gasteiger partial charge in [-0.3, -0.25) is 4.79 Å². The Labute approximate surface area is 172 Å². The van der Waals surface area contributed by atoms with Gasteiger partial charge in [0, 0.05) is 38.8 Å². The molecular weight excluding hydrogens is 362 g/mol. The van der Waals surface area contributed by atoms with Crippen molar-refractivity contribution in [2.45, 2.75) is 38.1 Å². The third-order valence-electron chi connectivity index (χ3n) is 6.77. The van der Waals surface area contributed by atoms with E-state index < -0.39 is 0 Å². The first kappa shape index (κ1) is 18.4. The van der Waals surface area contributed by atoms with Gasteiger partial charge in [-0.1, -0.05) is 30.3 Å². The lowest BCUT2D eigenvalue weighted by molar-refractivity contribution is -0.131. The van der Waals surface area contributed by atoms with E-state index in [0.717, 1.165) is 62.8 Å². The van der Waals surface area contributed by atoms with Gasteiger partial charge < -0.3 is 14.7 Å². The van der Waals surface area contributed by atoms with Crippen LogP contribution in [0.1, 0.15) is 31.2 Å². The number of benzene rings is 1. The number of piperidine rings is 1. The van der Waals surface area contributed by atoms with Crippen molar-refractivity contribution in [3.8, 4) is 0 Å². The predicted molar refractivity (Wildman–Crippen MR) is 114 cm³/mol. The van der Waals surface area contributed by atoms with E-state index in [1.807, 2.05) is 30.3 Å². The zero-order valence-corrected chi connectivity index (χ0v) is 16.9. The molecule has 6 heteroatoms. The maximum Gasteiger partial charge on any atom is 0.227 e.